The normalized spacial score (nSPS) is 13.7. The van der Waals surface area contributed by atoms with Crippen molar-refractivity contribution in [1.82, 2.24) is 9.97 Å². The van der Waals surface area contributed by atoms with E-state index in [4.69, 9.17) is 11.0 Å². The van der Waals surface area contributed by atoms with Crippen molar-refractivity contribution >= 4 is 11.0 Å². The lowest BCUT2D eigenvalue weighted by Crippen LogP contribution is -2.38. The standard InChI is InChI=1S/C17H15FN4O/c1-17(20,9-23)16-21-14-5-4-11(7-15(14)22-16)10-2-3-12(8-19)13(18)6-10/h2-7,23H,9,20H2,1H3,(H,21,22). The molecule has 0 aliphatic heterocycles. The number of aliphatic hydroxyl groups excluding tert-OH is 1. The number of fused-ring (bicyclic) bond motifs is 1. The summed E-state index contributed by atoms with van der Waals surface area (Å²) in [6.45, 7) is 1.45. The second-order valence-electron chi connectivity index (χ2n) is 5.70. The summed E-state index contributed by atoms with van der Waals surface area (Å²) in [4.78, 5) is 7.47. The van der Waals surface area contributed by atoms with Gasteiger partial charge in [0.1, 0.15) is 17.7 Å². The quantitative estimate of drug-likeness (QED) is 0.691. The lowest BCUT2D eigenvalue weighted by molar-refractivity contribution is 0.204. The van der Waals surface area contributed by atoms with Crippen LogP contribution in [0.1, 0.15) is 18.3 Å². The average molecular weight is 310 g/mol. The molecule has 1 heterocycles. The van der Waals surface area contributed by atoms with Gasteiger partial charge in [-0.05, 0) is 42.3 Å². The number of H-pyrrole nitrogens is 1. The van der Waals surface area contributed by atoms with Crippen LogP contribution in [0.3, 0.4) is 0 Å². The molecule has 0 saturated heterocycles. The molecular weight excluding hydrogens is 295 g/mol. The SMILES string of the molecule is CC(N)(CO)c1nc2ccc(-c3ccc(C#N)c(F)c3)cc2[nH]1. The summed E-state index contributed by atoms with van der Waals surface area (Å²) in [6, 6.07) is 11.7. The van der Waals surface area contributed by atoms with E-state index in [1.54, 1.807) is 25.1 Å². The summed E-state index contributed by atoms with van der Waals surface area (Å²) in [5.41, 5.74) is 7.94. The summed E-state index contributed by atoms with van der Waals surface area (Å²) in [7, 11) is 0. The van der Waals surface area contributed by atoms with Crippen LogP contribution in [0.25, 0.3) is 22.2 Å². The molecule has 1 aromatic heterocycles. The van der Waals surface area contributed by atoms with Crippen LogP contribution in [-0.2, 0) is 5.54 Å². The summed E-state index contributed by atoms with van der Waals surface area (Å²) < 4.78 is 13.8. The van der Waals surface area contributed by atoms with Gasteiger partial charge in [0.25, 0.3) is 0 Å². The van der Waals surface area contributed by atoms with E-state index in [2.05, 4.69) is 9.97 Å². The van der Waals surface area contributed by atoms with Gasteiger partial charge >= 0.3 is 0 Å². The zero-order valence-electron chi connectivity index (χ0n) is 12.5. The molecule has 0 aliphatic rings. The number of nitrogens with one attached hydrogen (secondary N) is 1. The maximum absolute atomic E-state index is 13.8. The van der Waals surface area contributed by atoms with Crippen LogP contribution in [-0.4, -0.2) is 21.7 Å². The number of nitrogens with zero attached hydrogens (tertiary/aromatic N) is 2. The molecule has 3 aromatic rings. The van der Waals surface area contributed by atoms with E-state index in [-0.39, 0.29) is 12.2 Å². The van der Waals surface area contributed by atoms with Crippen molar-refractivity contribution in [2.45, 2.75) is 12.5 Å². The van der Waals surface area contributed by atoms with Crippen LogP contribution < -0.4 is 5.73 Å². The van der Waals surface area contributed by atoms with Crippen molar-refractivity contribution in [3.8, 4) is 17.2 Å². The summed E-state index contributed by atoms with van der Waals surface area (Å²) in [6.07, 6.45) is 0. The maximum atomic E-state index is 13.8. The van der Waals surface area contributed by atoms with Gasteiger partial charge in [-0.3, -0.25) is 0 Å². The van der Waals surface area contributed by atoms with Crippen molar-refractivity contribution in [2.75, 3.05) is 6.61 Å². The van der Waals surface area contributed by atoms with Gasteiger partial charge in [0.2, 0.25) is 0 Å². The van der Waals surface area contributed by atoms with Gasteiger partial charge in [-0.25, -0.2) is 9.37 Å². The van der Waals surface area contributed by atoms with E-state index in [1.165, 1.54) is 12.1 Å². The second kappa shape index (κ2) is 5.47. The minimum atomic E-state index is -0.959. The van der Waals surface area contributed by atoms with E-state index >= 15 is 0 Å². The Bertz CT molecular complexity index is 924. The van der Waals surface area contributed by atoms with Gasteiger partial charge in [-0.2, -0.15) is 5.26 Å². The van der Waals surface area contributed by atoms with Gasteiger partial charge in [-0.15, -0.1) is 0 Å². The Morgan fingerprint density at radius 2 is 2.00 bits per heavy atom. The van der Waals surface area contributed by atoms with E-state index < -0.39 is 11.4 Å². The Labute approximate surface area is 132 Å². The highest BCUT2D eigenvalue weighted by atomic mass is 19.1. The van der Waals surface area contributed by atoms with Crippen LogP contribution in [0.15, 0.2) is 36.4 Å². The van der Waals surface area contributed by atoms with E-state index in [1.807, 2.05) is 12.1 Å². The van der Waals surface area contributed by atoms with Gasteiger partial charge in [0.05, 0.1) is 28.7 Å². The van der Waals surface area contributed by atoms with Crippen LogP contribution in [0.5, 0.6) is 0 Å². The molecule has 4 N–H and O–H groups in total. The minimum Gasteiger partial charge on any atom is -0.394 e. The first-order chi connectivity index (χ1) is 10.9. The summed E-state index contributed by atoms with van der Waals surface area (Å²) >= 11 is 0. The topological polar surface area (TPSA) is 98.7 Å². The molecule has 0 bridgehead atoms. The largest absolute Gasteiger partial charge is 0.394 e. The van der Waals surface area contributed by atoms with Crippen molar-refractivity contribution in [3.05, 3.63) is 53.6 Å². The fraction of sp³-hybridized carbons (Fsp3) is 0.176. The predicted octanol–water partition coefficient (Wildman–Crippen LogP) is 2.41. The number of halogens is 1. The highest BCUT2D eigenvalue weighted by molar-refractivity contribution is 5.82. The fourth-order valence-electron chi connectivity index (χ4n) is 2.32. The third-order valence-corrected chi connectivity index (χ3v) is 3.77. The van der Waals surface area contributed by atoms with Crippen LogP contribution in [0.4, 0.5) is 4.39 Å². The third-order valence-electron chi connectivity index (χ3n) is 3.77. The number of hydrogen-bond donors (Lipinski definition) is 3. The monoisotopic (exact) mass is 310 g/mol. The number of aliphatic hydroxyl groups is 1. The molecule has 2 aromatic carbocycles. The van der Waals surface area contributed by atoms with Gasteiger partial charge < -0.3 is 15.8 Å². The first kappa shape index (κ1) is 15.2. The number of aromatic amines is 1. The van der Waals surface area contributed by atoms with Crippen molar-refractivity contribution < 1.29 is 9.50 Å². The number of aromatic nitrogens is 2. The number of nitrogens with two attached hydrogens (primary N) is 1. The van der Waals surface area contributed by atoms with Gasteiger partial charge in [-0.1, -0.05) is 12.1 Å². The first-order valence-corrected chi connectivity index (χ1v) is 7.04. The molecule has 0 radical (unpaired) electrons. The average Bonchev–Trinajstić information content (AvgIpc) is 2.98. The Morgan fingerprint density at radius 3 is 2.65 bits per heavy atom. The van der Waals surface area contributed by atoms with Gasteiger partial charge in [0, 0.05) is 0 Å². The van der Waals surface area contributed by atoms with Crippen molar-refractivity contribution in [3.63, 3.8) is 0 Å². The molecule has 23 heavy (non-hydrogen) atoms. The molecule has 0 amide bonds. The maximum Gasteiger partial charge on any atom is 0.141 e. The second-order valence-corrected chi connectivity index (χ2v) is 5.70. The highest BCUT2D eigenvalue weighted by Gasteiger charge is 2.24. The predicted molar refractivity (Wildman–Crippen MR) is 84.8 cm³/mol. The van der Waals surface area contributed by atoms with Crippen LogP contribution in [0, 0.1) is 17.1 Å². The molecule has 5 nitrogen and oxygen atoms in total. The lowest BCUT2D eigenvalue weighted by atomic mass is 10.0. The molecular formula is C17H15FN4O. The molecule has 0 aliphatic carbocycles. The Balaban J connectivity index is 2.07. The van der Waals surface area contributed by atoms with E-state index in [9.17, 15) is 9.50 Å². The zero-order chi connectivity index (χ0) is 16.6. The molecule has 0 saturated carbocycles. The smallest absolute Gasteiger partial charge is 0.141 e. The van der Waals surface area contributed by atoms with Crippen molar-refractivity contribution in [2.24, 2.45) is 5.73 Å². The van der Waals surface area contributed by atoms with Crippen LogP contribution in [0.2, 0.25) is 0 Å². The number of hydrogen-bond acceptors (Lipinski definition) is 4. The number of nitriles is 1. The van der Waals surface area contributed by atoms with Gasteiger partial charge in [0.15, 0.2) is 0 Å². The molecule has 0 spiro atoms. The molecule has 1 unspecified atom stereocenters. The minimum absolute atomic E-state index is 0.0144. The Hall–Kier alpha value is -2.75. The summed E-state index contributed by atoms with van der Waals surface area (Å²) in [5.74, 6) is -0.0663. The third kappa shape index (κ3) is 2.68. The van der Waals surface area contributed by atoms with E-state index in [0.717, 1.165) is 11.1 Å². The lowest BCUT2D eigenvalue weighted by Gasteiger charge is -2.17. The molecule has 116 valence electrons. The Kier molecular flexibility index (Phi) is 3.60. The molecule has 1 atom stereocenters. The van der Waals surface area contributed by atoms with Crippen LogP contribution >= 0.6 is 0 Å². The summed E-state index contributed by atoms with van der Waals surface area (Å²) in [5, 5.41) is 18.1. The zero-order valence-corrected chi connectivity index (χ0v) is 12.5. The fourth-order valence-corrected chi connectivity index (χ4v) is 2.32. The Morgan fingerprint density at radius 1 is 1.30 bits per heavy atom. The molecule has 0 fully saturated rings. The van der Waals surface area contributed by atoms with E-state index in [0.29, 0.717) is 16.9 Å². The number of benzene rings is 2. The number of imidazole rings is 1. The molecule has 6 heteroatoms. The first-order valence-electron chi connectivity index (χ1n) is 7.04. The highest BCUT2D eigenvalue weighted by Crippen LogP contribution is 2.26. The van der Waals surface area contributed by atoms with Crippen molar-refractivity contribution in [1.29, 1.82) is 5.26 Å². The molecule has 3 rings (SSSR count). The number of rotatable bonds is 3.